The van der Waals surface area contributed by atoms with E-state index in [0.29, 0.717) is 6.04 Å². The van der Waals surface area contributed by atoms with Crippen LogP contribution in [-0.2, 0) is 0 Å². The van der Waals surface area contributed by atoms with Crippen LogP contribution in [0.3, 0.4) is 0 Å². The topological polar surface area (TPSA) is 29.0 Å². The van der Waals surface area contributed by atoms with E-state index in [-0.39, 0.29) is 0 Å². The molecule has 0 fully saturated rings. The van der Waals surface area contributed by atoms with E-state index in [1.165, 1.54) is 5.56 Å². The number of aryl methyl sites for hydroxylation is 2. The lowest BCUT2D eigenvalue weighted by molar-refractivity contribution is 0.321. The molecule has 0 spiro atoms. The van der Waals surface area contributed by atoms with Crippen molar-refractivity contribution < 1.29 is 0 Å². The summed E-state index contributed by atoms with van der Waals surface area (Å²) in [5.41, 5.74) is 4.39. The average Bonchev–Trinajstić information content (AvgIpc) is 2.37. The first kappa shape index (κ1) is 13.7. The predicted molar refractivity (Wildman–Crippen MR) is 79.0 cm³/mol. The normalized spacial score (nSPS) is 12.7. The molecular formula is C16H21N3. The largest absolute Gasteiger partial charge is 0.303 e. The Morgan fingerprint density at radius 1 is 0.947 bits per heavy atom. The summed E-state index contributed by atoms with van der Waals surface area (Å²) >= 11 is 0. The minimum absolute atomic E-state index is 0.411. The Bertz CT molecular complexity index is 538. The van der Waals surface area contributed by atoms with Gasteiger partial charge in [0, 0.05) is 23.0 Å². The molecule has 19 heavy (non-hydrogen) atoms. The smallest absolute Gasteiger partial charge is 0.159 e. The second-order valence-corrected chi connectivity index (χ2v) is 5.24. The lowest BCUT2D eigenvalue weighted by atomic mass is 10.1. The highest BCUT2D eigenvalue weighted by molar-refractivity contribution is 5.55. The molecule has 0 aliphatic heterocycles. The van der Waals surface area contributed by atoms with Gasteiger partial charge in [0.1, 0.15) is 0 Å². The zero-order valence-electron chi connectivity index (χ0n) is 12.3. The summed E-state index contributed by atoms with van der Waals surface area (Å²) in [5, 5.41) is 0. The van der Waals surface area contributed by atoms with Gasteiger partial charge in [0.15, 0.2) is 5.82 Å². The fraction of sp³-hybridized carbons (Fsp3) is 0.375. The van der Waals surface area contributed by atoms with Crippen LogP contribution < -0.4 is 0 Å². The summed E-state index contributed by atoms with van der Waals surface area (Å²) in [7, 11) is 4.18. The molecule has 0 aliphatic carbocycles. The molecule has 0 bridgehead atoms. The average molecular weight is 255 g/mol. The second-order valence-electron chi connectivity index (χ2n) is 5.24. The van der Waals surface area contributed by atoms with Crippen LogP contribution in [0.2, 0.25) is 0 Å². The molecule has 1 aromatic heterocycles. The van der Waals surface area contributed by atoms with Crippen LogP contribution in [0.5, 0.6) is 0 Å². The Morgan fingerprint density at radius 3 is 1.95 bits per heavy atom. The molecule has 0 aliphatic rings. The first-order valence-corrected chi connectivity index (χ1v) is 6.56. The minimum Gasteiger partial charge on any atom is -0.303 e. The summed E-state index contributed by atoms with van der Waals surface area (Å²) in [6.45, 7) is 6.20. The van der Waals surface area contributed by atoms with Crippen LogP contribution in [0.25, 0.3) is 11.4 Å². The third-order valence-corrected chi connectivity index (χ3v) is 3.41. The minimum atomic E-state index is 0.411. The first-order valence-electron chi connectivity index (χ1n) is 6.56. The van der Waals surface area contributed by atoms with Crippen molar-refractivity contribution in [3.05, 3.63) is 47.3 Å². The van der Waals surface area contributed by atoms with Crippen molar-refractivity contribution in [1.82, 2.24) is 14.9 Å². The third-order valence-electron chi connectivity index (χ3n) is 3.41. The van der Waals surface area contributed by atoms with Gasteiger partial charge in [-0.25, -0.2) is 9.97 Å². The molecule has 0 radical (unpaired) electrons. The fourth-order valence-electron chi connectivity index (χ4n) is 2.06. The molecule has 100 valence electrons. The zero-order chi connectivity index (χ0) is 14.0. The highest BCUT2D eigenvalue weighted by Crippen LogP contribution is 2.21. The number of nitrogens with zero attached hydrogens (tertiary/aromatic N) is 3. The van der Waals surface area contributed by atoms with Gasteiger partial charge in [-0.2, -0.15) is 0 Å². The van der Waals surface area contributed by atoms with E-state index in [4.69, 9.17) is 0 Å². The maximum absolute atomic E-state index is 4.49. The molecular weight excluding hydrogens is 234 g/mol. The summed E-state index contributed by atoms with van der Waals surface area (Å²) < 4.78 is 0. The highest BCUT2D eigenvalue weighted by Gasteiger charge is 2.08. The van der Waals surface area contributed by atoms with Gasteiger partial charge in [-0.1, -0.05) is 24.3 Å². The van der Waals surface area contributed by atoms with Gasteiger partial charge in [-0.15, -0.1) is 0 Å². The van der Waals surface area contributed by atoms with Crippen molar-refractivity contribution in [3.8, 4) is 11.4 Å². The Labute approximate surface area is 115 Å². The Balaban J connectivity index is 2.32. The van der Waals surface area contributed by atoms with Gasteiger partial charge < -0.3 is 4.90 Å². The second kappa shape index (κ2) is 5.49. The number of rotatable bonds is 3. The molecule has 0 saturated heterocycles. The van der Waals surface area contributed by atoms with Crippen LogP contribution in [0.4, 0.5) is 0 Å². The van der Waals surface area contributed by atoms with Crippen molar-refractivity contribution in [2.75, 3.05) is 14.1 Å². The van der Waals surface area contributed by atoms with Crippen molar-refractivity contribution in [3.63, 3.8) is 0 Å². The Hall–Kier alpha value is -1.74. The van der Waals surface area contributed by atoms with Gasteiger partial charge >= 0.3 is 0 Å². The maximum atomic E-state index is 4.49. The number of hydrogen-bond acceptors (Lipinski definition) is 3. The molecule has 0 amide bonds. The van der Waals surface area contributed by atoms with Gasteiger partial charge in [0.25, 0.3) is 0 Å². The van der Waals surface area contributed by atoms with Crippen LogP contribution in [0, 0.1) is 13.8 Å². The molecule has 2 rings (SSSR count). The quantitative estimate of drug-likeness (QED) is 0.842. The number of aromatic nitrogens is 2. The number of benzene rings is 1. The van der Waals surface area contributed by atoms with Gasteiger partial charge in [-0.05, 0) is 46.5 Å². The predicted octanol–water partition coefficient (Wildman–Crippen LogP) is 3.38. The highest BCUT2D eigenvalue weighted by atomic mass is 15.1. The molecule has 1 heterocycles. The fourth-order valence-corrected chi connectivity index (χ4v) is 2.06. The molecule has 1 atom stereocenters. The van der Waals surface area contributed by atoms with Crippen LogP contribution in [0.1, 0.15) is 29.9 Å². The van der Waals surface area contributed by atoms with E-state index < -0.39 is 0 Å². The standard InChI is InChI=1S/C16H21N3/c1-11-10-12(2)18-16(17-11)15-8-6-14(7-9-15)13(3)19(4)5/h6-10,13H,1-5H3/t13-/m0/s1. The van der Waals surface area contributed by atoms with Crippen LogP contribution in [0.15, 0.2) is 30.3 Å². The molecule has 2 aromatic rings. The monoisotopic (exact) mass is 255 g/mol. The van der Waals surface area contributed by atoms with Crippen LogP contribution >= 0.6 is 0 Å². The molecule has 0 unspecified atom stereocenters. The van der Waals surface area contributed by atoms with E-state index >= 15 is 0 Å². The van der Waals surface area contributed by atoms with Crippen molar-refractivity contribution in [2.45, 2.75) is 26.8 Å². The third kappa shape index (κ3) is 3.18. The first-order chi connectivity index (χ1) is 8.97. The lowest BCUT2D eigenvalue weighted by Gasteiger charge is -2.20. The summed E-state index contributed by atoms with van der Waals surface area (Å²) in [4.78, 5) is 11.2. The Morgan fingerprint density at radius 2 is 1.47 bits per heavy atom. The SMILES string of the molecule is Cc1cc(C)nc(-c2ccc([C@H](C)N(C)C)cc2)n1. The summed E-state index contributed by atoms with van der Waals surface area (Å²) in [6, 6.07) is 10.9. The van der Waals surface area contributed by atoms with E-state index in [0.717, 1.165) is 22.8 Å². The van der Waals surface area contributed by atoms with Gasteiger partial charge in [-0.3, -0.25) is 0 Å². The van der Waals surface area contributed by atoms with E-state index in [1.54, 1.807) is 0 Å². The molecule has 3 heteroatoms. The van der Waals surface area contributed by atoms with Gasteiger partial charge in [0.05, 0.1) is 0 Å². The maximum Gasteiger partial charge on any atom is 0.159 e. The van der Waals surface area contributed by atoms with Crippen molar-refractivity contribution in [1.29, 1.82) is 0 Å². The molecule has 1 aromatic carbocycles. The van der Waals surface area contributed by atoms with Crippen molar-refractivity contribution in [2.24, 2.45) is 0 Å². The lowest BCUT2D eigenvalue weighted by Crippen LogP contribution is -2.16. The summed E-state index contributed by atoms with van der Waals surface area (Å²) in [6.07, 6.45) is 0. The zero-order valence-corrected chi connectivity index (χ0v) is 12.3. The van der Waals surface area contributed by atoms with E-state index in [9.17, 15) is 0 Å². The Kier molecular flexibility index (Phi) is 3.96. The van der Waals surface area contributed by atoms with Crippen molar-refractivity contribution >= 4 is 0 Å². The molecule has 3 nitrogen and oxygen atoms in total. The molecule has 0 saturated carbocycles. The van der Waals surface area contributed by atoms with E-state index in [2.05, 4.69) is 60.2 Å². The number of hydrogen-bond donors (Lipinski definition) is 0. The van der Waals surface area contributed by atoms with E-state index in [1.807, 2.05) is 19.9 Å². The van der Waals surface area contributed by atoms with Gasteiger partial charge in [0.2, 0.25) is 0 Å². The summed E-state index contributed by atoms with van der Waals surface area (Å²) in [5.74, 6) is 0.807. The molecule has 0 N–H and O–H groups in total. The van der Waals surface area contributed by atoms with Crippen LogP contribution in [-0.4, -0.2) is 29.0 Å².